The van der Waals surface area contributed by atoms with E-state index in [1.165, 1.54) is 31.2 Å². The molecule has 6 heteroatoms. The van der Waals surface area contributed by atoms with Gasteiger partial charge in [0.15, 0.2) is 6.17 Å². The number of amides is 2. The van der Waals surface area contributed by atoms with E-state index in [4.69, 9.17) is 4.99 Å². The number of benzene rings is 1. The van der Waals surface area contributed by atoms with Crippen molar-refractivity contribution >= 4 is 11.9 Å². The van der Waals surface area contributed by atoms with Gasteiger partial charge in [0.25, 0.3) is 0 Å². The molecule has 0 radical (unpaired) electrons. The molecule has 2 atom stereocenters. The number of urea groups is 1. The largest absolute Gasteiger partial charge is 0.365 e. The summed E-state index contributed by atoms with van der Waals surface area (Å²) in [5.74, 6) is 2.58. The number of fused-ring (bicyclic) bond motifs is 2. The molecule has 154 valence electrons. The minimum atomic E-state index is -0.176. The first-order valence-electron chi connectivity index (χ1n) is 11.2. The monoisotopic (exact) mass is 393 g/mol. The summed E-state index contributed by atoms with van der Waals surface area (Å²) in [4.78, 5) is 22.2. The second-order valence-corrected chi connectivity index (χ2v) is 8.71. The lowest BCUT2D eigenvalue weighted by Crippen LogP contribution is -2.53. The van der Waals surface area contributed by atoms with Gasteiger partial charge in [-0.05, 0) is 37.7 Å². The van der Waals surface area contributed by atoms with Gasteiger partial charge in [-0.1, -0.05) is 50.1 Å². The van der Waals surface area contributed by atoms with Crippen LogP contribution in [0, 0.1) is 5.92 Å². The summed E-state index contributed by atoms with van der Waals surface area (Å²) in [6.45, 7) is 3.60. The number of aliphatic imine (C=N–C) groups is 1. The maximum absolute atomic E-state index is 13.3. The SMILES string of the molecule is CCCN1C(=O)N2CC(CCc3ccccc3)NC2=C2NC(C3CCCC3)=NC21. The molecular weight excluding hydrogens is 362 g/mol. The van der Waals surface area contributed by atoms with Crippen LogP contribution < -0.4 is 10.6 Å². The highest BCUT2D eigenvalue weighted by Crippen LogP contribution is 2.35. The fraction of sp³-hybridized carbons (Fsp3) is 0.565. The molecule has 29 heavy (non-hydrogen) atoms. The highest BCUT2D eigenvalue weighted by molar-refractivity contribution is 5.91. The molecule has 1 aromatic rings. The average Bonchev–Trinajstić information content (AvgIpc) is 3.49. The third-order valence-electron chi connectivity index (χ3n) is 6.65. The molecule has 1 saturated carbocycles. The topological polar surface area (TPSA) is 60.0 Å². The van der Waals surface area contributed by atoms with E-state index in [1.54, 1.807) is 0 Å². The quantitative estimate of drug-likeness (QED) is 0.778. The first-order valence-corrected chi connectivity index (χ1v) is 11.2. The van der Waals surface area contributed by atoms with Crippen LogP contribution in [0.4, 0.5) is 4.79 Å². The number of rotatable bonds is 6. The molecule has 2 fully saturated rings. The smallest absolute Gasteiger partial charge is 0.327 e. The van der Waals surface area contributed by atoms with Crippen LogP contribution in [0.5, 0.6) is 0 Å². The standard InChI is InChI=1S/C23H31N5O/c1-2-14-27-22-19(25-20(26-22)17-10-6-7-11-17)21-24-18(15-28(21)23(27)29)13-12-16-8-4-3-5-9-16/h3-5,8-9,17-18,22,24H,2,6-7,10-15H2,1H3,(H,25,26). The van der Waals surface area contributed by atoms with Crippen LogP contribution in [0.2, 0.25) is 0 Å². The highest BCUT2D eigenvalue weighted by Gasteiger charge is 2.47. The summed E-state index contributed by atoms with van der Waals surface area (Å²) in [5.41, 5.74) is 2.43. The normalized spacial score (nSPS) is 26.4. The van der Waals surface area contributed by atoms with Crippen LogP contribution in [-0.4, -0.2) is 47.0 Å². The molecule has 2 N–H and O–H groups in total. The van der Waals surface area contributed by atoms with E-state index in [0.29, 0.717) is 5.92 Å². The summed E-state index contributed by atoms with van der Waals surface area (Å²) < 4.78 is 0. The van der Waals surface area contributed by atoms with Gasteiger partial charge in [0, 0.05) is 25.0 Å². The average molecular weight is 394 g/mol. The van der Waals surface area contributed by atoms with Crippen LogP contribution in [0.15, 0.2) is 46.8 Å². The van der Waals surface area contributed by atoms with Crippen LogP contribution in [0.3, 0.4) is 0 Å². The maximum atomic E-state index is 13.3. The van der Waals surface area contributed by atoms with Gasteiger partial charge in [0.2, 0.25) is 0 Å². The van der Waals surface area contributed by atoms with Gasteiger partial charge in [-0.2, -0.15) is 0 Å². The van der Waals surface area contributed by atoms with E-state index in [2.05, 4.69) is 47.9 Å². The summed E-state index contributed by atoms with van der Waals surface area (Å²) in [6, 6.07) is 11.0. The summed E-state index contributed by atoms with van der Waals surface area (Å²) in [7, 11) is 0. The molecule has 0 aromatic heterocycles. The Morgan fingerprint density at radius 3 is 2.72 bits per heavy atom. The Morgan fingerprint density at radius 1 is 1.17 bits per heavy atom. The van der Waals surface area contributed by atoms with Gasteiger partial charge in [-0.3, -0.25) is 9.80 Å². The molecule has 1 aliphatic carbocycles. The van der Waals surface area contributed by atoms with Crippen molar-refractivity contribution in [3.05, 3.63) is 47.4 Å². The molecule has 5 rings (SSSR count). The highest BCUT2D eigenvalue weighted by atomic mass is 16.2. The second-order valence-electron chi connectivity index (χ2n) is 8.71. The van der Waals surface area contributed by atoms with Gasteiger partial charge in [-0.15, -0.1) is 0 Å². The Morgan fingerprint density at radius 2 is 1.97 bits per heavy atom. The zero-order valence-corrected chi connectivity index (χ0v) is 17.2. The number of carbonyl (C=O) groups excluding carboxylic acids is 1. The number of nitrogens with zero attached hydrogens (tertiary/aromatic N) is 3. The van der Waals surface area contributed by atoms with E-state index in [9.17, 15) is 4.79 Å². The third kappa shape index (κ3) is 3.38. The molecule has 3 heterocycles. The van der Waals surface area contributed by atoms with Crippen molar-refractivity contribution in [2.75, 3.05) is 13.1 Å². The van der Waals surface area contributed by atoms with Crippen LogP contribution in [0.25, 0.3) is 0 Å². The van der Waals surface area contributed by atoms with Crippen LogP contribution in [-0.2, 0) is 6.42 Å². The molecule has 6 nitrogen and oxygen atoms in total. The number of amidine groups is 1. The summed E-state index contributed by atoms with van der Waals surface area (Å²) >= 11 is 0. The molecule has 2 unspecified atom stereocenters. The Balaban J connectivity index is 1.36. The maximum Gasteiger partial charge on any atom is 0.327 e. The second kappa shape index (κ2) is 7.73. The number of aryl methyl sites for hydroxylation is 1. The van der Waals surface area contributed by atoms with Crippen molar-refractivity contribution in [2.45, 2.75) is 64.1 Å². The minimum absolute atomic E-state index is 0.100. The fourth-order valence-electron chi connectivity index (χ4n) is 5.14. The Hall–Kier alpha value is -2.50. The van der Waals surface area contributed by atoms with E-state index in [-0.39, 0.29) is 18.2 Å². The molecule has 0 spiro atoms. The summed E-state index contributed by atoms with van der Waals surface area (Å²) in [5, 5.41) is 7.30. The van der Waals surface area contributed by atoms with Gasteiger partial charge in [0.05, 0.1) is 0 Å². The lowest BCUT2D eigenvalue weighted by Gasteiger charge is -2.36. The number of hydrogen-bond acceptors (Lipinski definition) is 4. The minimum Gasteiger partial charge on any atom is -0.365 e. The van der Waals surface area contributed by atoms with Crippen molar-refractivity contribution in [3.8, 4) is 0 Å². The zero-order valence-electron chi connectivity index (χ0n) is 17.2. The van der Waals surface area contributed by atoms with Crippen molar-refractivity contribution < 1.29 is 4.79 Å². The van der Waals surface area contributed by atoms with E-state index >= 15 is 0 Å². The molecule has 2 amide bonds. The Bertz CT molecular complexity index is 827. The predicted molar refractivity (Wildman–Crippen MR) is 114 cm³/mol. The molecule has 1 aromatic carbocycles. The number of carbonyl (C=O) groups is 1. The Kier molecular flexibility index (Phi) is 4.94. The van der Waals surface area contributed by atoms with E-state index < -0.39 is 0 Å². The first kappa shape index (κ1) is 18.5. The van der Waals surface area contributed by atoms with Crippen molar-refractivity contribution in [2.24, 2.45) is 10.9 Å². The zero-order chi connectivity index (χ0) is 19.8. The van der Waals surface area contributed by atoms with Crippen molar-refractivity contribution in [3.63, 3.8) is 0 Å². The first-order chi connectivity index (χ1) is 14.2. The lowest BCUT2D eigenvalue weighted by atomic mass is 10.1. The lowest BCUT2D eigenvalue weighted by molar-refractivity contribution is 0.146. The van der Waals surface area contributed by atoms with Crippen LogP contribution >= 0.6 is 0 Å². The Labute approximate surface area is 173 Å². The van der Waals surface area contributed by atoms with Gasteiger partial charge in [0.1, 0.15) is 17.4 Å². The van der Waals surface area contributed by atoms with Gasteiger partial charge < -0.3 is 10.6 Å². The molecule has 1 saturated heterocycles. The van der Waals surface area contributed by atoms with E-state index in [1.807, 2.05) is 9.80 Å². The fourth-order valence-corrected chi connectivity index (χ4v) is 5.14. The van der Waals surface area contributed by atoms with Crippen molar-refractivity contribution in [1.82, 2.24) is 20.4 Å². The number of hydrogen-bond donors (Lipinski definition) is 2. The van der Waals surface area contributed by atoms with Gasteiger partial charge in [-0.25, -0.2) is 9.79 Å². The van der Waals surface area contributed by atoms with Crippen molar-refractivity contribution in [1.29, 1.82) is 0 Å². The molecule has 3 aliphatic heterocycles. The molecule has 0 bridgehead atoms. The number of nitrogens with one attached hydrogen (secondary N) is 2. The van der Waals surface area contributed by atoms with Gasteiger partial charge >= 0.3 is 6.03 Å². The van der Waals surface area contributed by atoms with E-state index in [0.717, 1.165) is 49.7 Å². The summed E-state index contributed by atoms with van der Waals surface area (Å²) in [6.07, 6.45) is 7.78. The van der Waals surface area contributed by atoms with Crippen LogP contribution in [0.1, 0.15) is 51.0 Å². The molecule has 4 aliphatic rings. The molecular formula is C23H31N5O. The predicted octanol–water partition coefficient (Wildman–Crippen LogP) is 3.43. The third-order valence-corrected chi connectivity index (χ3v) is 6.65.